The first-order valence-corrected chi connectivity index (χ1v) is 14.0. The van der Waals surface area contributed by atoms with Crippen LogP contribution >= 0.6 is 0 Å². The van der Waals surface area contributed by atoms with Crippen molar-refractivity contribution in [3.63, 3.8) is 0 Å². The zero-order valence-corrected chi connectivity index (χ0v) is 27.2. The van der Waals surface area contributed by atoms with E-state index in [2.05, 4.69) is 4.99 Å². The van der Waals surface area contributed by atoms with Crippen molar-refractivity contribution in [2.45, 2.75) is 109 Å². The molecule has 0 saturated carbocycles. The largest absolute Gasteiger partial charge is 0.460 e. The molecule has 0 aliphatic rings. The number of carbonyl (C=O) groups excluding carboxylic acids is 2. The normalized spacial score (nSPS) is 16.1. The first-order chi connectivity index (χ1) is 25.5. The van der Waals surface area contributed by atoms with Gasteiger partial charge in [-0.15, -0.1) is 0 Å². The summed E-state index contributed by atoms with van der Waals surface area (Å²) in [6.45, 7) is 1.06. The van der Waals surface area contributed by atoms with Crippen molar-refractivity contribution in [2.75, 3.05) is 0 Å². The molecule has 1 rings (SSSR count). The Morgan fingerprint density at radius 1 is 0.525 bits per heavy atom. The molecule has 1 aromatic carbocycles. The van der Waals surface area contributed by atoms with Gasteiger partial charge < -0.3 is 5.32 Å². The Kier molecular flexibility index (Phi) is 13.1. The lowest BCUT2D eigenvalue weighted by Gasteiger charge is -2.46. The van der Waals surface area contributed by atoms with Crippen LogP contribution in [0, 0.1) is 6.92 Å². The fourth-order valence-corrected chi connectivity index (χ4v) is 4.33. The number of hydrogen-bond acceptors (Lipinski definition) is 3. The van der Waals surface area contributed by atoms with Crippen molar-refractivity contribution < 1.29 is 137 Å². The summed E-state index contributed by atoms with van der Waals surface area (Å²) in [5.74, 6) is -123. The molecule has 0 aliphatic carbocycles. The van der Waals surface area contributed by atoms with Crippen LogP contribution < -0.4 is 5.32 Å². The standard InChI is InChI=1S/C26H13F29N2O2/c1-8-4-3-5-10(56-7-58)11(8)12(59)57-9(2)6-13(27,28)14(29,30)15(31,32)16(33,34)17(35,36)18(37,38)19(39,40)20(41,42)21(43,44)22(45,46)23(47,48)24(49,50)25(51,52)26(53,54)55/h3-5,9H,6H2,1-2H3,(H,57,59). The van der Waals surface area contributed by atoms with Gasteiger partial charge in [-0.05, 0) is 25.5 Å². The van der Waals surface area contributed by atoms with E-state index in [1.54, 1.807) is 0 Å². The molecule has 1 atom stereocenters. The fraction of sp³-hybridized carbons (Fsp3) is 0.692. The molecule has 0 fully saturated rings. The summed E-state index contributed by atoms with van der Waals surface area (Å²) in [5.41, 5.74) is -1.81. The summed E-state index contributed by atoms with van der Waals surface area (Å²) in [6, 6.07) is -0.00888. The van der Waals surface area contributed by atoms with E-state index in [-0.39, 0.29) is 12.5 Å². The molecule has 0 bridgehead atoms. The molecule has 4 nitrogen and oxygen atoms in total. The highest BCUT2D eigenvalue weighted by Crippen LogP contribution is 2.69. The smallest absolute Gasteiger partial charge is 0.349 e. The summed E-state index contributed by atoms with van der Waals surface area (Å²) < 4.78 is 399. The van der Waals surface area contributed by atoms with Gasteiger partial charge in [-0.3, -0.25) is 4.79 Å². The lowest BCUT2D eigenvalue weighted by molar-refractivity contribution is -0.487. The highest BCUT2D eigenvalue weighted by molar-refractivity contribution is 6.00. The fourth-order valence-electron chi connectivity index (χ4n) is 4.33. The quantitative estimate of drug-likeness (QED) is 0.0961. The van der Waals surface area contributed by atoms with Gasteiger partial charge >= 0.3 is 83.2 Å². The Morgan fingerprint density at radius 2 is 0.814 bits per heavy atom. The molecule has 342 valence electrons. The van der Waals surface area contributed by atoms with E-state index in [0.29, 0.717) is 0 Å². The summed E-state index contributed by atoms with van der Waals surface area (Å²) in [7, 11) is 0. The second kappa shape index (κ2) is 14.6. The van der Waals surface area contributed by atoms with Crippen molar-refractivity contribution >= 4 is 17.7 Å². The average Bonchev–Trinajstić information content (AvgIpc) is 3.02. The number of aryl methyl sites for hydroxylation is 1. The van der Waals surface area contributed by atoms with Gasteiger partial charge in [0, 0.05) is 12.5 Å². The number of aliphatic imine (C=N–C) groups is 1. The molecule has 33 heteroatoms. The summed E-state index contributed by atoms with van der Waals surface area (Å²) in [6.07, 6.45) is -10.7. The van der Waals surface area contributed by atoms with Crippen LogP contribution in [0.4, 0.5) is 133 Å². The molecule has 1 amide bonds. The molecular formula is C26H13F29N2O2. The molecule has 0 aliphatic heterocycles. The van der Waals surface area contributed by atoms with Gasteiger partial charge in [-0.25, -0.2) is 4.79 Å². The SMILES string of the molecule is Cc1cccc(N=C=O)c1C(=O)NC(C)CC(F)(F)C(F)(F)C(F)(F)C(F)(F)C(F)(F)C(F)(F)C(F)(F)C(F)(F)C(F)(F)C(F)(F)C(F)(F)C(F)(F)C(F)(F)C(F)(F)F. The van der Waals surface area contributed by atoms with Crippen LogP contribution in [0.25, 0.3) is 0 Å². The number of benzene rings is 1. The maximum Gasteiger partial charge on any atom is 0.460 e. The van der Waals surface area contributed by atoms with Crippen LogP contribution in [0.5, 0.6) is 0 Å². The third kappa shape index (κ3) is 7.15. The molecule has 59 heavy (non-hydrogen) atoms. The van der Waals surface area contributed by atoms with Gasteiger partial charge in [-0.1, -0.05) is 12.1 Å². The van der Waals surface area contributed by atoms with Gasteiger partial charge in [-0.2, -0.15) is 132 Å². The number of nitrogens with zero attached hydrogens (tertiary/aromatic N) is 1. The van der Waals surface area contributed by atoms with Crippen molar-refractivity contribution in [3.05, 3.63) is 29.3 Å². The Balaban J connectivity index is 3.82. The lowest BCUT2D eigenvalue weighted by atomic mass is 9.83. The molecule has 1 aromatic rings. The molecule has 0 spiro atoms. The van der Waals surface area contributed by atoms with E-state index in [1.807, 2.05) is 0 Å². The first-order valence-electron chi connectivity index (χ1n) is 14.0. The molecule has 0 heterocycles. The van der Waals surface area contributed by atoms with Crippen molar-refractivity contribution in [1.82, 2.24) is 5.32 Å². The minimum absolute atomic E-state index is 0.0735. The lowest BCUT2D eigenvalue weighted by Crippen LogP contribution is -2.79. The van der Waals surface area contributed by atoms with E-state index in [0.717, 1.165) is 31.2 Å². The monoisotopic (exact) mass is 936 g/mol. The second-order valence-corrected chi connectivity index (χ2v) is 11.8. The number of halogens is 29. The predicted octanol–water partition coefficient (Wildman–Crippen LogP) is 11.3. The summed E-state index contributed by atoms with van der Waals surface area (Å²) >= 11 is 0. The zero-order chi connectivity index (χ0) is 47.8. The van der Waals surface area contributed by atoms with Crippen LogP contribution in [-0.2, 0) is 4.79 Å². The number of isocyanates is 1. The van der Waals surface area contributed by atoms with Crippen LogP contribution in [-0.4, -0.2) is 101 Å². The van der Waals surface area contributed by atoms with Crippen molar-refractivity contribution in [3.8, 4) is 0 Å². The van der Waals surface area contributed by atoms with Crippen molar-refractivity contribution in [2.24, 2.45) is 4.99 Å². The third-order valence-electron chi connectivity index (χ3n) is 7.74. The summed E-state index contributed by atoms with van der Waals surface area (Å²) in [4.78, 5) is 25.9. The molecule has 1 unspecified atom stereocenters. The number of nitrogens with one attached hydrogen (secondary N) is 1. The van der Waals surface area contributed by atoms with Gasteiger partial charge in [0.1, 0.15) is 0 Å². The van der Waals surface area contributed by atoms with E-state index >= 15 is 0 Å². The van der Waals surface area contributed by atoms with E-state index in [1.165, 1.54) is 5.32 Å². The number of amides is 1. The maximum atomic E-state index is 14.4. The number of hydrogen-bond donors (Lipinski definition) is 1. The van der Waals surface area contributed by atoms with E-state index < -0.39 is 113 Å². The van der Waals surface area contributed by atoms with Crippen molar-refractivity contribution in [1.29, 1.82) is 0 Å². The van der Waals surface area contributed by atoms with Gasteiger partial charge in [0.2, 0.25) is 6.08 Å². The van der Waals surface area contributed by atoms with Crippen LogP contribution in [0.15, 0.2) is 23.2 Å². The first kappa shape index (κ1) is 53.1. The molecule has 1 N–H and O–H groups in total. The van der Waals surface area contributed by atoms with Gasteiger partial charge in [0.25, 0.3) is 5.91 Å². The second-order valence-electron chi connectivity index (χ2n) is 11.8. The minimum atomic E-state index is -10.00. The number of rotatable bonds is 17. The number of carbonyl (C=O) groups is 1. The predicted molar refractivity (Wildman–Crippen MR) is 131 cm³/mol. The highest BCUT2D eigenvalue weighted by atomic mass is 19.4. The van der Waals surface area contributed by atoms with Crippen LogP contribution in [0.2, 0.25) is 0 Å². The topological polar surface area (TPSA) is 58.5 Å². The molecular weight excluding hydrogens is 923 g/mol. The maximum absolute atomic E-state index is 14.4. The van der Waals surface area contributed by atoms with E-state index in [9.17, 15) is 137 Å². The summed E-state index contributed by atoms with van der Waals surface area (Å²) in [5, 5.41) is 1.25. The molecule has 0 saturated heterocycles. The zero-order valence-electron chi connectivity index (χ0n) is 27.2. The van der Waals surface area contributed by atoms with Gasteiger partial charge in [0.05, 0.1) is 11.3 Å². The Labute approximate surface area is 304 Å². The Bertz CT molecular complexity index is 1770. The molecule has 0 radical (unpaired) electrons. The van der Waals surface area contributed by atoms with E-state index in [4.69, 9.17) is 0 Å². The highest BCUT2D eigenvalue weighted by Gasteiger charge is 3.00. The Morgan fingerprint density at radius 3 is 1.10 bits per heavy atom. The minimum Gasteiger partial charge on any atom is -0.349 e. The molecule has 0 aromatic heterocycles. The van der Waals surface area contributed by atoms with Crippen LogP contribution in [0.1, 0.15) is 29.3 Å². The third-order valence-corrected chi connectivity index (χ3v) is 7.74. The average molecular weight is 936 g/mol. The Hall–Kier alpha value is -3.96. The number of alkyl halides is 29. The van der Waals surface area contributed by atoms with Gasteiger partial charge in [0.15, 0.2) is 0 Å². The van der Waals surface area contributed by atoms with Crippen LogP contribution in [0.3, 0.4) is 0 Å².